The number of aromatic nitrogens is 7. The molecule has 4 aromatic heterocycles. The normalized spacial score (nSPS) is 21.0. The molecule has 1 unspecified atom stereocenters. The number of aromatic amines is 1. The van der Waals surface area contributed by atoms with Gasteiger partial charge in [0.1, 0.15) is 22.8 Å². The number of carbonyl (C=O) groups is 1. The third-order valence-electron chi connectivity index (χ3n) is 5.95. The Morgan fingerprint density at radius 1 is 1.17 bits per heavy atom. The lowest BCUT2D eigenvalue weighted by Gasteiger charge is -2.38. The van der Waals surface area contributed by atoms with E-state index >= 15 is 0 Å². The molecule has 6 rings (SSSR count). The molecule has 2 aliphatic rings. The summed E-state index contributed by atoms with van der Waals surface area (Å²) in [6, 6.07) is 3.84. The van der Waals surface area contributed by atoms with E-state index in [-0.39, 0.29) is 18.0 Å². The van der Waals surface area contributed by atoms with Crippen LogP contribution in [0.3, 0.4) is 0 Å². The number of piperazine rings is 1. The van der Waals surface area contributed by atoms with Crippen LogP contribution < -0.4 is 4.90 Å². The predicted molar refractivity (Wildman–Crippen MR) is 109 cm³/mol. The summed E-state index contributed by atoms with van der Waals surface area (Å²) in [4.78, 5) is 29.9. The Morgan fingerprint density at radius 2 is 2.03 bits per heavy atom. The first-order chi connectivity index (χ1) is 14.7. The molecule has 10 heteroatoms. The molecule has 2 atom stereocenters. The lowest BCUT2D eigenvalue weighted by molar-refractivity contribution is -0.132. The van der Waals surface area contributed by atoms with E-state index in [9.17, 15) is 4.79 Å². The zero-order valence-corrected chi connectivity index (χ0v) is 16.3. The number of nitrogens with zero attached hydrogens (tertiary/aromatic N) is 8. The maximum absolute atomic E-state index is 12.6. The van der Waals surface area contributed by atoms with Crippen molar-refractivity contribution >= 4 is 22.9 Å². The Labute approximate surface area is 171 Å². The van der Waals surface area contributed by atoms with Gasteiger partial charge in [0.15, 0.2) is 0 Å². The molecular formula is C20H19N9O. The second-order valence-electron chi connectivity index (χ2n) is 7.76. The Kier molecular flexibility index (Phi) is 3.61. The van der Waals surface area contributed by atoms with Crippen molar-refractivity contribution in [3.63, 3.8) is 0 Å². The van der Waals surface area contributed by atoms with Gasteiger partial charge in [-0.15, -0.1) is 0 Å². The molecule has 1 N–H and O–H groups in total. The van der Waals surface area contributed by atoms with Crippen molar-refractivity contribution in [1.29, 1.82) is 0 Å². The van der Waals surface area contributed by atoms with Gasteiger partial charge >= 0.3 is 0 Å². The monoisotopic (exact) mass is 401 g/mol. The number of hydrogen-bond donors (Lipinski definition) is 1. The van der Waals surface area contributed by atoms with Crippen LogP contribution in [0.5, 0.6) is 0 Å². The summed E-state index contributed by atoms with van der Waals surface area (Å²) in [5, 5.41) is 11.9. The largest absolute Gasteiger partial charge is 0.342 e. The van der Waals surface area contributed by atoms with Crippen molar-refractivity contribution in [1.82, 2.24) is 39.8 Å². The molecule has 1 amide bonds. The minimum atomic E-state index is -0.184. The third kappa shape index (κ3) is 2.49. The SMILES string of the molecule is CN1CC2CC[C@@H](C1=O)N2c1ncc2[nH]nc(-c3cnn(-c4ccncc4)c3)c2n1. The summed E-state index contributed by atoms with van der Waals surface area (Å²) in [7, 11) is 1.86. The molecule has 0 radical (unpaired) electrons. The molecule has 30 heavy (non-hydrogen) atoms. The number of likely N-dealkylation sites (N-methyl/N-ethyl adjacent to an activating group) is 1. The highest BCUT2D eigenvalue weighted by Crippen LogP contribution is 2.34. The highest BCUT2D eigenvalue weighted by molar-refractivity contribution is 5.91. The standard InChI is InChI=1S/C20H19N9O/c1-27-11-14-2-3-16(19(27)30)29(14)20-22-9-15-18(24-20)17(26-25-15)12-8-23-28(10-12)13-4-6-21-7-5-13/h4-10,14,16H,2-3,11H2,1H3,(H,25,26)/t14?,16-/m0/s1. The van der Waals surface area contributed by atoms with Crippen LogP contribution >= 0.6 is 0 Å². The van der Waals surface area contributed by atoms with Crippen LogP contribution in [0.25, 0.3) is 28.0 Å². The lowest BCUT2D eigenvalue weighted by atomic mass is 10.2. The second-order valence-corrected chi connectivity index (χ2v) is 7.76. The molecule has 150 valence electrons. The molecule has 0 saturated carbocycles. The summed E-state index contributed by atoms with van der Waals surface area (Å²) < 4.78 is 1.78. The Balaban J connectivity index is 1.40. The van der Waals surface area contributed by atoms with Crippen molar-refractivity contribution in [2.24, 2.45) is 0 Å². The van der Waals surface area contributed by atoms with Gasteiger partial charge < -0.3 is 9.80 Å². The minimum Gasteiger partial charge on any atom is -0.342 e. The van der Waals surface area contributed by atoms with Gasteiger partial charge in [0.2, 0.25) is 11.9 Å². The Bertz CT molecular complexity index is 1250. The fraction of sp³-hybridized carbons (Fsp3) is 0.300. The van der Waals surface area contributed by atoms with E-state index < -0.39 is 0 Å². The van der Waals surface area contributed by atoms with Crippen LogP contribution in [0.2, 0.25) is 0 Å². The first kappa shape index (κ1) is 17.1. The number of carbonyl (C=O) groups excluding carboxylic acids is 1. The number of likely N-dealkylation sites (tertiary alicyclic amines) is 1. The molecule has 2 aliphatic heterocycles. The number of pyridine rings is 1. The van der Waals surface area contributed by atoms with Gasteiger partial charge in [0.25, 0.3) is 0 Å². The first-order valence-electron chi connectivity index (χ1n) is 9.89. The summed E-state index contributed by atoms with van der Waals surface area (Å²) in [5.74, 6) is 0.721. The molecule has 0 aromatic carbocycles. The van der Waals surface area contributed by atoms with Crippen molar-refractivity contribution in [3.8, 4) is 16.9 Å². The fourth-order valence-corrected chi connectivity index (χ4v) is 4.48. The van der Waals surface area contributed by atoms with Crippen molar-refractivity contribution in [2.45, 2.75) is 24.9 Å². The Morgan fingerprint density at radius 3 is 2.90 bits per heavy atom. The Hall–Kier alpha value is -3.82. The van der Waals surface area contributed by atoms with E-state index in [0.29, 0.717) is 18.2 Å². The average molecular weight is 401 g/mol. The predicted octanol–water partition coefficient (Wildman–Crippen LogP) is 1.41. The number of nitrogens with one attached hydrogen (secondary N) is 1. The van der Waals surface area contributed by atoms with E-state index in [0.717, 1.165) is 35.1 Å². The van der Waals surface area contributed by atoms with Gasteiger partial charge in [-0.05, 0) is 25.0 Å². The van der Waals surface area contributed by atoms with Crippen LogP contribution in [0.1, 0.15) is 12.8 Å². The van der Waals surface area contributed by atoms with Gasteiger partial charge in [0, 0.05) is 37.7 Å². The van der Waals surface area contributed by atoms with Gasteiger partial charge in [-0.1, -0.05) is 0 Å². The van der Waals surface area contributed by atoms with E-state index in [2.05, 4.69) is 30.2 Å². The highest BCUT2D eigenvalue weighted by Gasteiger charge is 2.45. The van der Waals surface area contributed by atoms with Crippen LogP contribution in [-0.2, 0) is 4.79 Å². The summed E-state index contributed by atoms with van der Waals surface area (Å²) >= 11 is 0. The molecule has 2 saturated heterocycles. The van der Waals surface area contributed by atoms with Gasteiger partial charge in [0.05, 0.1) is 24.1 Å². The summed E-state index contributed by atoms with van der Waals surface area (Å²) in [6.07, 6.45) is 10.7. The number of rotatable bonds is 3. The summed E-state index contributed by atoms with van der Waals surface area (Å²) in [5.41, 5.74) is 3.94. The molecule has 2 bridgehead atoms. The number of H-pyrrole nitrogens is 1. The van der Waals surface area contributed by atoms with Crippen molar-refractivity contribution in [3.05, 3.63) is 43.1 Å². The zero-order valence-electron chi connectivity index (χ0n) is 16.3. The average Bonchev–Trinajstić information content (AvgIpc) is 3.49. The lowest BCUT2D eigenvalue weighted by Crippen LogP contribution is -2.56. The van der Waals surface area contributed by atoms with Crippen molar-refractivity contribution < 1.29 is 4.79 Å². The maximum atomic E-state index is 12.6. The molecular weight excluding hydrogens is 382 g/mol. The van der Waals surface area contributed by atoms with Crippen LogP contribution in [0.15, 0.2) is 43.1 Å². The number of amides is 1. The molecule has 0 spiro atoms. The molecule has 4 aromatic rings. The molecule has 6 heterocycles. The smallest absolute Gasteiger partial charge is 0.245 e. The molecule has 2 fully saturated rings. The summed E-state index contributed by atoms with van der Waals surface area (Å²) in [6.45, 7) is 0.702. The van der Waals surface area contributed by atoms with E-state index in [1.165, 1.54) is 0 Å². The maximum Gasteiger partial charge on any atom is 0.245 e. The van der Waals surface area contributed by atoms with Crippen LogP contribution in [0, 0.1) is 0 Å². The topological polar surface area (TPSA) is 109 Å². The fourth-order valence-electron chi connectivity index (χ4n) is 4.48. The number of hydrogen-bond acceptors (Lipinski definition) is 7. The first-order valence-corrected chi connectivity index (χ1v) is 9.89. The van der Waals surface area contributed by atoms with E-state index in [4.69, 9.17) is 4.98 Å². The van der Waals surface area contributed by atoms with E-state index in [1.807, 2.05) is 30.3 Å². The zero-order chi connectivity index (χ0) is 20.2. The molecule has 10 nitrogen and oxygen atoms in total. The second kappa shape index (κ2) is 6.34. The molecule has 0 aliphatic carbocycles. The quantitative estimate of drug-likeness (QED) is 0.553. The van der Waals surface area contributed by atoms with Gasteiger partial charge in [-0.3, -0.25) is 14.9 Å². The van der Waals surface area contributed by atoms with Crippen LogP contribution in [-0.4, -0.2) is 71.4 Å². The third-order valence-corrected chi connectivity index (χ3v) is 5.95. The van der Waals surface area contributed by atoms with Gasteiger partial charge in [-0.2, -0.15) is 10.2 Å². The highest BCUT2D eigenvalue weighted by atomic mass is 16.2. The van der Waals surface area contributed by atoms with E-state index in [1.54, 1.807) is 29.5 Å². The van der Waals surface area contributed by atoms with Gasteiger partial charge in [-0.25, -0.2) is 14.6 Å². The van der Waals surface area contributed by atoms with Crippen LogP contribution in [0.4, 0.5) is 5.95 Å². The minimum absolute atomic E-state index is 0.137. The number of anilines is 1. The van der Waals surface area contributed by atoms with Crippen molar-refractivity contribution in [2.75, 3.05) is 18.5 Å². The number of fused-ring (bicyclic) bond motifs is 3.